The van der Waals surface area contributed by atoms with Crippen LogP contribution >= 0.6 is 0 Å². The Morgan fingerprint density at radius 3 is 1.98 bits per heavy atom. The number of methoxy groups -OCH3 is 1. The van der Waals surface area contributed by atoms with Gasteiger partial charge in [-0.3, -0.25) is 4.79 Å². The molecule has 0 amide bonds. The number of rotatable bonds is 13. The van der Waals surface area contributed by atoms with Crippen LogP contribution in [0.1, 0.15) is 23.1 Å². The Morgan fingerprint density at radius 2 is 1.44 bits per heavy atom. The first-order valence-corrected chi connectivity index (χ1v) is 13.4. The normalized spacial score (nSPS) is 19.8. The number of Topliss-reactive ketones (excluding diaryl/α,β-unsaturated/α-hetero) is 1. The van der Waals surface area contributed by atoms with E-state index in [0.717, 1.165) is 16.7 Å². The van der Waals surface area contributed by atoms with Crippen molar-refractivity contribution in [3.8, 4) is 0 Å². The molecule has 3 aromatic rings. The molecule has 3 aromatic carbocycles. The lowest BCUT2D eigenvalue weighted by molar-refractivity contribution is -0.151. The molecule has 0 saturated heterocycles. The van der Waals surface area contributed by atoms with Crippen molar-refractivity contribution >= 4 is 11.8 Å². The van der Waals surface area contributed by atoms with Crippen LogP contribution < -0.4 is 0 Å². The summed E-state index contributed by atoms with van der Waals surface area (Å²) in [5.74, 6) is -1.74. The fraction of sp³-hybridized carbons (Fsp3) is 0.312. The summed E-state index contributed by atoms with van der Waals surface area (Å²) in [4.78, 5) is 29.5. The van der Waals surface area contributed by atoms with Crippen LogP contribution in [0, 0.1) is 5.92 Å². The molecule has 0 fully saturated rings. The minimum atomic E-state index is -1.20. The summed E-state index contributed by atoms with van der Waals surface area (Å²) in [6.07, 6.45) is -1.74. The van der Waals surface area contributed by atoms with Crippen molar-refractivity contribution in [2.45, 2.75) is 50.4 Å². The molecule has 0 heterocycles. The number of carbonyl (C=O) groups excluding carboxylic acids is 2. The van der Waals surface area contributed by atoms with E-state index in [2.05, 4.69) is 10.0 Å². The van der Waals surface area contributed by atoms with Crippen molar-refractivity contribution < 1.29 is 28.9 Å². The van der Waals surface area contributed by atoms with E-state index in [9.17, 15) is 20.2 Å². The zero-order chi connectivity index (χ0) is 29.0. The Hall–Kier alpha value is -4.27. The highest BCUT2D eigenvalue weighted by Crippen LogP contribution is 2.34. The molecular weight excluding hydrogens is 522 g/mol. The molecule has 0 aliphatic heterocycles. The SMILES string of the molecule is COC(=O)C1=CC(C(OCc2ccccc2)C(OCc2ccccc2)C(=O)Cc2ccccc2)C(N=[N+]=[N-])C(O)C1. The number of ether oxygens (including phenoxy) is 3. The molecule has 0 saturated carbocycles. The molecule has 212 valence electrons. The average molecular weight is 556 g/mol. The summed E-state index contributed by atoms with van der Waals surface area (Å²) < 4.78 is 17.7. The van der Waals surface area contributed by atoms with Gasteiger partial charge < -0.3 is 19.3 Å². The number of azide groups is 1. The third kappa shape index (κ3) is 8.13. The lowest BCUT2D eigenvalue weighted by Gasteiger charge is -2.38. The van der Waals surface area contributed by atoms with Crippen molar-refractivity contribution in [1.29, 1.82) is 0 Å². The first-order chi connectivity index (χ1) is 20.0. The van der Waals surface area contributed by atoms with Crippen LogP contribution in [-0.2, 0) is 43.4 Å². The number of aliphatic hydroxyl groups excluding tert-OH is 1. The Kier molecular flexibility index (Phi) is 10.8. The molecule has 1 aliphatic rings. The zero-order valence-electron chi connectivity index (χ0n) is 22.8. The van der Waals surface area contributed by atoms with Gasteiger partial charge in [0, 0.05) is 29.2 Å². The summed E-state index contributed by atoms with van der Waals surface area (Å²) in [5, 5.41) is 14.9. The number of hydrogen-bond acceptors (Lipinski definition) is 7. The highest BCUT2D eigenvalue weighted by atomic mass is 16.5. The number of nitrogens with zero attached hydrogens (tertiary/aromatic N) is 3. The highest BCUT2D eigenvalue weighted by Gasteiger charge is 2.44. The second-order valence-corrected chi connectivity index (χ2v) is 9.83. The Bertz CT molecular complexity index is 1360. The number of carbonyl (C=O) groups is 2. The van der Waals surface area contributed by atoms with Crippen LogP contribution in [0.15, 0.2) is 108 Å². The third-order valence-corrected chi connectivity index (χ3v) is 7.02. The van der Waals surface area contributed by atoms with Gasteiger partial charge in [-0.25, -0.2) is 4.79 Å². The summed E-state index contributed by atoms with van der Waals surface area (Å²) in [7, 11) is 1.25. The Balaban J connectivity index is 1.76. The van der Waals surface area contributed by atoms with E-state index in [-0.39, 0.29) is 37.4 Å². The minimum Gasteiger partial charge on any atom is -0.466 e. The third-order valence-electron chi connectivity index (χ3n) is 7.02. The molecule has 0 bridgehead atoms. The van der Waals surface area contributed by atoms with Gasteiger partial charge in [0.25, 0.3) is 0 Å². The first-order valence-electron chi connectivity index (χ1n) is 13.4. The molecule has 9 nitrogen and oxygen atoms in total. The summed E-state index contributed by atoms with van der Waals surface area (Å²) in [6, 6.07) is 27.1. The molecule has 41 heavy (non-hydrogen) atoms. The van der Waals surface area contributed by atoms with Gasteiger partial charge in [0.1, 0.15) is 6.10 Å². The first kappa shape index (κ1) is 29.7. The standard InChI is InChI=1S/C32H33N3O6/c1-39-32(38)25-18-26(29(34-35-33)27(36)19-25)30(40-20-23-13-7-3-8-14-23)31(41-21-24-15-9-4-10-16-24)28(37)17-22-11-5-2-6-12-22/h2-16,18,26-27,29-31,36H,17,19-21H2,1H3. The van der Waals surface area contributed by atoms with Gasteiger partial charge in [0.05, 0.1) is 38.6 Å². The van der Waals surface area contributed by atoms with Crippen LogP contribution in [0.3, 0.4) is 0 Å². The molecule has 5 atom stereocenters. The van der Waals surface area contributed by atoms with Gasteiger partial charge in [0.15, 0.2) is 5.78 Å². The second kappa shape index (κ2) is 14.9. The van der Waals surface area contributed by atoms with Gasteiger partial charge >= 0.3 is 5.97 Å². The fourth-order valence-corrected chi connectivity index (χ4v) is 4.98. The minimum absolute atomic E-state index is 0.0637. The van der Waals surface area contributed by atoms with Crippen LogP contribution in [0.4, 0.5) is 0 Å². The number of ketones is 1. The summed E-state index contributed by atoms with van der Waals surface area (Å²) in [5.41, 5.74) is 12.1. The topological polar surface area (TPSA) is 131 Å². The average Bonchev–Trinajstić information content (AvgIpc) is 3.01. The maximum absolute atomic E-state index is 14.0. The number of hydrogen-bond donors (Lipinski definition) is 1. The van der Waals surface area contributed by atoms with Gasteiger partial charge in [-0.15, -0.1) is 0 Å². The zero-order valence-corrected chi connectivity index (χ0v) is 22.8. The van der Waals surface area contributed by atoms with Crippen molar-refractivity contribution in [3.05, 3.63) is 130 Å². The predicted molar refractivity (Wildman–Crippen MR) is 152 cm³/mol. The van der Waals surface area contributed by atoms with E-state index in [0.29, 0.717) is 0 Å². The number of esters is 1. The molecule has 4 rings (SSSR count). The smallest absolute Gasteiger partial charge is 0.333 e. The lowest BCUT2D eigenvalue weighted by atomic mass is 9.78. The van der Waals surface area contributed by atoms with Crippen molar-refractivity contribution in [2.75, 3.05) is 7.11 Å². The maximum Gasteiger partial charge on any atom is 0.333 e. The molecular formula is C32H33N3O6. The Labute approximate surface area is 239 Å². The van der Waals surface area contributed by atoms with E-state index < -0.39 is 36.2 Å². The fourth-order valence-electron chi connectivity index (χ4n) is 4.98. The molecule has 0 aromatic heterocycles. The molecule has 9 heteroatoms. The highest BCUT2D eigenvalue weighted by molar-refractivity contribution is 5.89. The molecule has 0 spiro atoms. The number of benzene rings is 3. The largest absolute Gasteiger partial charge is 0.466 e. The van der Waals surface area contributed by atoms with Crippen molar-refractivity contribution in [3.63, 3.8) is 0 Å². The van der Waals surface area contributed by atoms with Crippen molar-refractivity contribution in [2.24, 2.45) is 11.0 Å². The van der Waals surface area contributed by atoms with Crippen LogP contribution in [0.25, 0.3) is 10.4 Å². The number of aliphatic hydroxyl groups is 1. The molecule has 1 N–H and O–H groups in total. The van der Waals surface area contributed by atoms with E-state index in [1.807, 2.05) is 91.0 Å². The summed E-state index contributed by atoms with van der Waals surface area (Å²) in [6.45, 7) is 0.235. The molecule has 1 aliphatic carbocycles. The Morgan fingerprint density at radius 1 is 0.902 bits per heavy atom. The van der Waals surface area contributed by atoms with Crippen LogP contribution in [0.5, 0.6) is 0 Å². The second-order valence-electron chi connectivity index (χ2n) is 9.83. The van der Waals surface area contributed by atoms with Gasteiger partial charge in [0.2, 0.25) is 0 Å². The van der Waals surface area contributed by atoms with Gasteiger partial charge in [-0.1, -0.05) is 102 Å². The lowest BCUT2D eigenvalue weighted by Crippen LogP contribution is -2.50. The summed E-state index contributed by atoms with van der Waals surface area (Å²) >= 11 is 0. The van der Waals surface area contributed by atoms with E-state index in [1.165, 1.54) is 7.11 Å². The van der Waals surface area contributed by atoms with E-state index >= 15 is 0 Å². The molecule has 5 unspecified atom stereocenters. The van der Waals surface area contributed by atoms with Crippen LogP contribution in [-0.4, -0.2) is 48.3 Å². The monoisotopic (exact) mass is 555 g/mol. The molecule has 0 radical (unpaired) electrons. The quantitative estimate of drug-likeness (QED) is 0.135. The van der Waals surface area contributed by atoms with E-state index in [4.69, 9.17) is 14.2 Å². The maximum atomic E-state index is 14.0. The van der Waals surface area contributed by atoms with Gasteiger partial charge in [-0.2, -0.15) is 0 Å². The predicted octanol–water partition coefficient (Wildman–Crippen LogP) is 5.13. The van der Waals surface area contributed by atoms with E-state index in [1.54, 1.807) is 6.08 Å². The van der Waals surface area contributed by atoms with Crippen LogP contribution in [0.2, 0.25) is 0 Å². The van der Waals surface area contributed by atoms with Gasteiger partial charge in [-0.05, 0) is 22.2 Å². The van der Waals surface area contributed by atoms with Crippen molar-refractivity contribution in [1.82, 2.24) is 0 Å².